The van der Waals surface area contributed by atoms with Crippen molar-refractivity contribution < 1.29 is 13.7 Å². The number of aryl methyl sites for hydroxylation is 2. The van der Waals surface area contributed by atoms with Gasteiger partial charge in [0.2, 0.25) is 5.88 Å². The van der Waals surface area contributed by atoms with Gasteiger partial charge in [0.15, 0.2) is 10.2 Å². The summed E-state index contributed by atoms with van der Waals surface area (Å²) in [5.41, 5.74) is 4.06. The van der Waals surface area contributed by atoms with E-state index in [1.54, 1.807) is 24.5 Å². The minimum absolute atomic E-state index is 0.241. The number of nitrogens with one attached hydrogen (secondary N) is 1. The Kier molecular flexibility index (Phi) is 7.39. The molecule has 0 radical (unpaired) electrons. The number of rotatable bonds is 8. The predicted molar refractivity (Wildman–Crippen MR) is 132 cm³/mol. The molecule has 0 fully saturated rings. The van der Waals surface area contributed by atoms with Gasteiger partial charge in [0.1, 0.15) is 10.8 Å². The average molecular weight is 494 g/mol. The Labute approximate surface area is 204 Å². The molecule has 1 atom stereocenters. The number of hydrogen-bond acceptors (Lipinski definition) is 8. The third-order valence-corrected chi connectivity index (χ3v) is 6.90. The van der Waals surface area contributed by atoms with Gasteiger partial charge in [0, 0.05) is 33.8 Å². The third-order valence-electron chi connectivity index (χ3n) is 4.89. The molecule has 0 saturated heterocycles. The molecule has 1 aromatic carbocycles. The van der Waals surface area contributed by atoms with Gasteiger partial charge >= 0.3 is 0 Å². The predicted octanol–water partition coefficient (Wildman–Crippen LogP) is 4.82. The summed E-state index contributed by atoms with van der Waals surface area (Å²) in [5, 5.41) is 5.59. The number of anilines is 1. The van der Waals surface area contributed by atoms with E-state index in [2.05, 4.69) is 25.3 Å². The van der Waals surface area contributed by atoms with Crippen LogP contribution in [-0.4, -0.2) is 36.7 Å². The third kappa shape index (κ3) is 5.35. The van der Waals surface area contributed by atoms with Crippen molar-refractivity contribution in [1.29, 1.82) is 0 Å². The zero-order chi connectivity index (χ0) is 24.1. The van der Waals surface area contributed by atoms with E-state index in [1.165, 1.54) is 23.7 Å². The number of carbonyl (C=O) groups excluding carboxylic acids is 1. The summed E-state index contributed by atoms with van der Waals surface area (Å²) in [6, 6.07) is 7.03. The quantitative estimate of drug-likeness (QED) is 0.375. The summed E-state index contributed by atoms with van der Waals surface area (Å²) in [6.07, 6.45) is 6.99. The van der Waals surface area contributed by atoms with Crippen molar-refractivity contribution in [2.75, 3.05) is 11.9 Å². The van der Waals surface area contributed by atoms with Crippen LogP contribution in [0.4, 0.5) is 5.13 Å². The first kappa shape index (κ1) is 23.7. The van der Waals surface area contributed by atoms with E-state index in [9.17, 15) is 9.00 Å². The largest absolute Gasteiger partial charge is 0.477 e. The van der Waals surface area contributed by atoms with Crippen LogP contribution in [0.1, 0.15) is 34.8 Å². The highest BCUT2D eigenvalue weighted by Gasteiger charge is 2.17. The molecule has 174 valence electrons. The monoisotopic (exact) mass is 493 g/mol. The van der Waals surface area contributed by atoms with Gasteiger partial charge in [0.05, 0.1) is 24.7 Å². The maximum Gasteiger partial charge on any atom is 0.257 e. The number of ether oxygens (including phenoxy) is 1. The fourth-order valence-electron chi connectivity index (χ4n) is 3.36. The minimum Gasteiger partial charge on any atom is -0.477 e. The fraction of sp³-hybridized carbons (Fsp3) is 0.208. The molecule has 0 bridgehead atoms. The molecule has 4 aromatic rings. The van der Waals surface area contributed by atoms with Gasteiger partial charge in [-0.15, -0.1) is 11.3 Å². The standard InChI is InChI=1S/C24H23N5O3S2/c1-4-9-32-20-12-27-21(13-26-20)34(31)18-10-15(2)22(16(3)11-18)19-14-33-24(28-19)29-23(30)17-5-7-25-8-6-17/h5-8,10-14H,4,9H2,1-3H3,(H,28,29,30). The highest BCUT2D eigenvalue weighted by atomic mass is 32.2. The van der Waals surface area contributed by atoms with Crippen LogP contribution >= 0.6 is 11.3 Å². The SMILES string of the molecule is CCCOc1cnc(S(=O)c2cc(C)c(-c3csc(NC(=O)c4ccncc4)n3)c(C)c2)cn1. The van der Waals surface area contributed by atoms with Crippen molar-refractivity contribution in [1.82, 2.24) is 19.9 Å². The van der Waals surface area contributed by atoms with Crippen LogP contribution in [0, 0.1) is 13.8 Å². The summed E-state index contributed by atoms with van der Waals surface area (Å²) >= 11 is 1.35. The first-order chi connectivity index (χ1) is 16.5. The first-order valence-electron chi connectivity index (χ1n) is 10.6. The zero-order valence-corrected chi connectivity index (χ0v) is 20.6. The first-order valence-corrected chi connectivity index (χ1v) is 12.6. The Morgan fingerprint density at radius 3 is 2.50 bits per heavy atom. The highest BCUT2D eigenvalue weighted by molar-refractivity contribution is 7.85. The number of carbonyl (C=O) groups is 1. The molecule has 1 unspecified atom stereocenters. The number of hydrogen-bond donors (Lipinski definition) is 1. The Hall–Kier alpha value is -3.50. The number of benzene rings is 1. The van der Waals surface area contributed by atoms with Gasteiger partial charge in [-0.2, -0.15) is 0 Å². The van der Waals surface area contributed by atoms with Crippen molar-refractivity contribution in [3.63, 3.8) is 0 Å². The number of pyridine rings is 1. The summed E-state index contributed by atoms with van der Waals surface area (Å²) in [6.45, 7) is 6.47. The summed E-state index contributed by atoms with van der Waals surface area (Å²) in [4.78, 5) is 30.0. The Balaban J connectivity index is 1.53. The summed E-state index contributed by atoms with van der Waals surface area (Å²) in [7, 11) is -1.48. The van der Waals surface area contributed by atoms with Crippen LogP contribution < -0.4 is 10.1 Å². The molecule has 0 aliphatic rings. The number of amides is 1. The average Bonchev–Trinajstić information content (AvgIpc) is 3.30. The highest BCUT2D eigenvalue weighted by Crippen LogP contribution is 2.32. The van der Waals surface area contributed by atoms with Crippen LogP contribution in [0.2, 0.25) is 0 Å². The molecular formula is C24H23N5O3S2. The molecule has 1 amide bonds. The van der Waals surface area contributed by atoms with Crippen LogP contribution in [0.3, 0.4) is 0 Å². The smallest absolute Gasteiger partial charge is 0.257 e. The van der Waals surface area contributed by atoms with E-state index in [1.807, 2.05) is 38.3 Å². The lowest BCUT2D eigenvalue weighted by Gasteiger charge is -2.11. The molecule has 10 heteroatoms. The van der Waals surface area contributed by atoms with Crippen LogP contribution in [-0.2, 0) is 10.8 Å². The minimum atomic E-state index is -1.48. The Morgan fingerprint density at radius 2 is 1.85 bits per heavy atom. The van der Waals surface area contributed by atoms with E-state index in [-0.39, 0.29) is 5.91 Å². The maximum absolute atomic E-state index is 13.1. The Bertz CT molecular complexity index is 1300. The van der Waals surface area contributed by atoms with Gasteiger partial charge in [-0.1, -0.05) is 6.92 Å². The molecule has 0 aliphatic carbocycles. The van der Waals surface area contributed by atoms with Crippen molar-refractivity contribution >= 4 is 33.2 Å². The zero-order valence-electron chi connectivity index (χ0n) is 18.9. The van der Waals surface area contributed by atoms with Crippen molar-refractivity contribution in [2.24, 2.45) is 0 Å². The fourth-order valence-corrected chi connectivity index (χ4v) is 5.16. The van der Waals surface area contributed by atoms with Crippen molar-refractivity contribution in [3.8, 4) is 17.1 Å². The molecule has 4 rings (SSSR count). The molecule has 1 N–H and O–H groups in total. The van der Waals surface area contributed by atoms with Crippen LogP contribution in [0.15, 0.2) is 64.4 Å². The lowest BCUT2D eigenvalue weighted by Crippen LogP contribution is -2.11. The molecule has 0 aliphatic heterocycles. The van der Waals surface area contributed by atoms with E-state index < -0.39 is 10.8 Å². The summed E-state index contributed by atoms with van der Waals surface area (Å²) in [5.74, 6) is 0.176. The number of thiazole rings is 1. The molecule has 0 saturated carbocycles. The molecule has 34 heavy (non-hydrogen) atoms. The van der Waals surface area contributed by atoms with E-state index in [4.69, 9.17) is 4.74 Å². The van der Waals surface area contributed by atoms with E-state index >= 15 is 0 Å². The van der Waals surface area contributed by atoms with Gasteiger partial charge in [-0.05, 0) is 55.7 Å². The normalized spacial score (nSPS) is 11.7. The number of aromatic nitrogens is 4. The Morgan fingerprint density at radius 1 is 1.12 bits per heavy atom. The molecule has 0 spiro atoms. The van der Waals surface area contributed by atoms with E-state index in [0.717, 1.165) is 28.8 Å². The van der Waals surface area contributed by atoms with Crippen molar-refractivity contribution in [3.05, 3.63) is 71.1 Å². The second kappa shape index (κ2) is 10.6. The summed E-state index contributed by atoms with van der Waals surface area (Å²) < 4.78 is 18.5. The second-order valence-electron chi connectivity index (χ2n) is 7.47. The second-order valence-corrected chi connectivity index (χ2v) is 9.76. The number of nitrogens with zero attached hydrogens (tertiary/aromatic N) is 4. The molecule has 3 aromatic heterocycles. The maximum atomic E-state index is 13.1. The van der Waals surface area contributed by atoms with Gasteiger partial charge < -0.3 is 4.74 Å². The molecule has 3 heterocycles. The van der Waals surface area contributed by atoms with Gasteiger partial charge in [-0.3, -0.25) is 15.1 Å². The topological polar surface area (TPSA) is 107 Å². The van der Waals surface area contributed by atoms with Crippen molar-refractivity contribution in [2.45, 2.75) is 37.1 Å². The lowest BCUT2D eigenvalue weighted by atomic mass is 10.0. The van der Waals surface area contributed by atoms with E-state index in [0.29, 0.717) is 33.1 Å². The van der Waals surface area contributed by atoms with Crippen LogP contribution in [0.25, 0.3) is 11.3 Å². The molecular weight excluding hydrogens is 470 g/mol. The van der Waals surface area contributed by atoms with Gasteiger partial charge in [0.25, 0.3) is 5.91 Å². The lowest BCUT2D eigenvalue weighted by molar-refractivity contribution is 0.102. The van der Waals surface area contributed by atoms with Crippen LogP contribution in [0.5, 0.6) is 5.88 Å². The molecule has 8 nitrogen and oxygen atoms in total. The van der Waals surface area contributed by atoms with Gasteiger partial charge in [-0.25, -0.2) is 19.2 Å².